The molecular formula is C15H22O. The van der Waals surface area contributed by atoms with E-state index in [2.05, 4.69) is 0 Å². The second-order valence-corrected chi connectivity index (χ2v) is 5.90. The molecule has 2 atom stereocenters. The highest BCUT2D eigenvalue weighted by molar-refractivity contribution is 5.84. The van der Waals surface area contributed by atoms with Crippen LogP contribution in [0.4, 0.5) is 0 Å². The third-order valence-corrected chi connectivity index (χ3v) is 4.93. The molecule has 0 amide bonds. The minimum atomic E-state index is 0.429. The smallest absolute Gasteiger partial charge is 0.136 e. The van der Waals surface area contributed by atoms with E-state index in [9.17, 15) is 4.79 Å². The zero-order valence-electron chi connectivity index (χ0n) is 10.1. The van der Waals surface area contributed by atoms with Crippen molar-refractivity contribution in [3.8, 4) is 0 Å². The number of hydrogen-bond acceptors (Lipinski definition) is 1. The van der Waals surface area contributed by atoms with Gasteiger partial charge in [-0.25, -0.2) is 0 Å². The Morgan fingerprint density at radius 2 is 1.50 bits per heavy atom. The van der Waals surface area contributed by atoms with Crippen molar-refractivity contribution < 1.29 is 4.79 Å². The van der Waals surface area contributed by atoms with Crippen molar-refractivity contribution in [3.05, 3.63) is 11.1 Å². The van der Waals surface area contributed by atoms with E-state index in [0.717, 1.165) is 18.8 Å². The SMILES string of the molecule is O=C1CCC2CC3=C(CCCCCC3)CC12. The molecular weight excluding hydrogens is 196 g/mol. The summed E-state index contributed by atoms with van der Waals surface area (Å²) in [6.07, 6.45) is 12.7. The number of carbonyl (C=O) groups is 1. The van der Waals surface area contributed by atoms with Gasteiger partial charge < -0.3 is 0 Å². The van der Waals surface area contributed by atoms with Crippen LogP contribution in [-0.4, -0.2) is 5.78 Å². The quantitative estimate of drug-likeness (QED) is 0.561. The van der Waals surface area contributed by atoms with Gasteiger partial charge in [0.25, 0.3) is 0 Å². The molecule has 0 N–H and O–H groups in total. The summed E-state index contributed by atoms with van der Waals surface area (Å²) >= 11 is 0. The monoisotopic (exact) mass is 218 g/mol. The molecule has 0 heterocycles. The lowest BCUT2D eigenvalue weighted by Crippen LogP contribution is -2.22. The molecule has 0 aromatic rings. The van der Waals surface area contributed by atoms with Crippen LogP contribution in [0, 0.1) is 11.8 Å². The average Bonchev–Trinajstić information content (AvgIpc) is 2.60. The summed E-state index contributed by atoms with van der Waals surface area (Å²) in [5.74, 6) is 1.72. The summed E-state index contributed by atoms with van der Waals surface area (Å²) in [4.78, 5) is 11.8. The second kappa shape index (κ2) is 4.35. The van der Waals surface area contributed by atoms with Crippen LogP contribution >= 0.6 is 0 Å². The van der Waals surface area contributed by atoms with E-state index >= 15 is 0 Å². The van der Waals surface area contributed by atoms with Crippen molar-refractivity contribution in [2.75, 3.05) is 0 Å². The normalized spacial score (nSPS) is 35.4. The van der Waals surface area contributed by atoms with Gasteiger partial charge in [-0.05, 0) is 50.9 Å². The van der Waals surface area contributed by atoms with Gasteiger partial charge in [0.2, 0.25) is 0 Å². The van der Waals surface area contributed by atoms with Gasteiger partial charge in [0.05, 0.1) is 0 Å². The third kappa shape index (κ3) is 1.85. The predicted molar refractivity (Wildman–Crippen MR) is 65.2 cm³/mol. The van der Waals surface area contributed by atoms with Gasteiger partial charge in [0.15, 0.2) is 0 Å². The van der Waals surface area contributed by atoms with Gasteiger partial charge in [0, 0.05) is 12.3 Å². The van der Waals surface area contributed by atoms with Crippen molar-refractivity contribution in [3.63, 3.8) is 0 Å². The summed E-state index contributed by atoms with van der Waals surface area (Å²) in [5, 5.41) is 0. The molecule has 1 fully saturated rings. The van der Waals surface area contributed by atoms with E-state index in [1.54, 1.807) is 11.1 Å². The molecule has 0 aromatic carbocycles. The topological polar surface area (TPSA) is 17.1 Å². The zero-order valence-corrected chi connectivity index (χ0v) is 10.1. The van der Waals surface area contributed by atoms with Crippen LogP contribution in [0.15, 0.2) is 11.1 Å². The summed E-state index contributed by atoms with van der Waals surface area (Å²) in [6, 6.07) is 0. The zero-order chi connectivity index (χ0) is 11.0. The number of carbonyl (C=O) groups excluding carboxylic acids is 1. The second-order valence-electron chi connectivity index (χ2n) is 5.90. The van der Waals surface area contributed by atoms with Gasteiger partial charge in [-0.3, -0.25) is 4.79 Å². The van der Waals surface area contributed by atoms with Gasteiger partial charge in [0.1, 0.15) is 5.78 Å². The molecule has 1 saturated carbocycles. The molecule has 0 radical (unpaired) electrons. The Kier molecular flexibility index (Phi) is 2.87. The molecule has 0 aromatic heterocycles. The Bertz CT molecular complexity index is 326. The number of hydrogen-bond donors (Lipinski definition) is 0. The average molecular weight is 218 g/mol. The Morgan fingerprint density at radius 1 is 0.812 bits per heavy atom. The lowest BCUT2D eigenvalue weighted by Gasteiger charge is -2.30. The van der Waals surface area contributed by atoms with Crippen LogP contribution < -0.4 is 0 Å². The minimum absolute atomic E-state index is 0.429. The lowest BCUT2D eigenvalue weighted by molar-refractivity contribution is -0.121. The lowest BCUT2D eigenvalue weighted by atomic mass is 9.74. The van der Waals surface area contributed by atoms with Crippen LogP contribution in [0.25, 0.3) is 0 Å². The fourth-order valence-corrected chi connectivity index (χ4v) is 3.96. The van der Waals surface area contributed by atoms with E-state index in [1.807, 2.05) is 0 Å². The van der Waals surface area contributed by atoms with Crippen LogP contribution in [0.2, 0.25) is 0 Å². The number of ketones is 1. The van der Waals surface area contributed by atoms with Crippen molar-refractivity contribution in [2.24, 2.45) is 11.8 Å². The number of Topliss-reactive ketones (excluding diaryl/α,β-unsaturated/α-hetero) is 1. The molecule has 0 aliphatic heterocycles. The Balaban J connectivity index is 1.81. The van der Waals surface area contributed by atoms with E-state index in [4.69, 9.17) is 0 Å². The highest BCUT2D eigenvalue weighted by Gasteiger charge is 2.38. The van der Waals surface area contributed by atoms with Gasteiger partial charge >= 0.3 is 0 Å². The summed E-state index contributed by atoms with van der Waals surface area (Å²) in [5.41, 5.74) is 3.45. The molecule has 88 valence electrons. The Hall–Kier alpha value is -0.590. The summed E-state index contributed by atoms with van der Waals surface area (Å²) < 4.78 is 0. The largest absolute Gasteiger partial charge is 0.299 e. The Labute approximate surface area is 98.3 Å². The molecule has 3 aliphatic rings. The fourth-order valence-electron chi connectivity index (χ4n) is 3.96. The van der Waals surface area contributed by atoms with Crippen molar-refractivity contribution in [2.45, 2.75) is 64.2 Å². The molecule has 1 nitrogen and oxygen atoms in total. The number of rotatable bonds is 0. The first-order valence-corrected chi connectivity index (χ1v) is 7.07. The van der Waals surface area contributed by atoms with Crippen LogP contribution in [0.1, 0.15) is 64.2 Å². The highest BCUT2D eigenvalue weighted by Crippen LogP contribution is 2.45. The maximum atomic E-state index is 11.8. The number of allylic oxidation sites excluding steroid dienone is 2. The summed E-state index contributed by atoms with van der Waals surface area (Å²) in [7, 11) is 0. The predicted octanol–water partition coefficient (Wildman–Crippen LogP) is 4.03. The molecule has 2 unspecified atom stereocenters. The van der Waals surface area contributed by atoms with Crippen LogP contribution in [0.5, 0.6) is 0 Å². The van der Waals surface area contributed by atoms with Crippen molar-refractivity contribution in [1.82, 2.24) is 0 Å². The van der Waals surface area contributed by atoms with E-state index < -0.39 is 0 Å². The van der Waals surface area contributed by atoms with Gasteiger partial charge in [-0.2, -0.15) is 0 Å². The molecule has 3 aliphatic carbocycles. The van der Waals surface area contributed by atoms with Crippen LogP contribution in [0.3, 0.4) is 0 Å². The summed E-state index contributed by atoms with van der Waals surface area (Å²) in [6.45, 7) is 0. The van der Waals surface area contributed by atoms with Crippen molar-refractivity contribution in [1.29, 1.82) is 0 Å². The van der Waals surface area contributed by atoms with Gasteiger partial charge in [-0.1, -0.05) is 24.0 Å². The molecule has 0 spiro atoms. The van der Waals surface area contributed by atoms with E-state index in [0.29, 0.717) is 11.7 Å². The third-order valence-electron chi connectivity index (χ3n) is 4.93. The minimum Gasteiger partial charge on any atom is -0.299 e. The molecule has 16 heavy (non-hydrogen) atoms. The van der Waals surface area contributed by atoms with Crippen molar-refractivity contribution >= 4 is 5.78 Å². The number of fused-ring (bicyclic) bond motifs is 1. The highest BCUT2D eigenvalue weighted by atomic mass is 16.1. The van der Waals surface area contributed by atoms with Crippen LogP contribution in [-0.2, 0) is 4.79 Å². The molecule has 0 bridgehead atoms. The van der Waals surface area contributed by atoms with E-state index in [-0.39, 0.29) is 0 Å². The maximum absolute atomic E-state index is 11.8. The molecule has 0 saturated heterocycles. The molecule has 3 rings (SSSR count). The molecule has 1 heteroatoms. The first-order chi connectivity index (χ1) is 7.84. The first kappa shape index (κ1) is 10.6. The van der Waals surface area contributed by atoms with Gasteiger partial charge in [-0.15, -0.1) is 0 Å². The standard InChI is InChI=1S/C15H22O/c16-15-8-7-13-9-11-5-3-1-2-4-6-12(11)10-14(13)15/h13-14H,1-10H2. The fraction of sp³-hybridized carbons (Fsp3) is 0.800. The Morgan fingerprint density at radius 3 is 2.25 bits per heavy atom. The van der Waals surface area contributed by atoms with E-state index in [1.165, 1.54) is 51.4 Å². The first-order valence-electron chi connectivity index (χ1n) is 7.07. The maximum Gasteiger partial charge on any atom is 0.136 e.